The smallest absolute Gasteiger partial charge is 0.312 e. The van der Waals surface area contributed by atoms with Crippen LogP contribution in [0.5, 0.6) is 0 Å². The normalized spacial score (nSPS) is 25.5. The summed E-state index contributed by atoms with van der Waals surface area (Å²) in [7, 11) is 3.03. The summed E-state index contributed by atoms with van der Waals surface area (Å²) in [5, 5.41) is 0. The molecule has 1 rings (SSSR count). The minimum Gasteiger partial charge on any atom is -0.469 e. The number of carbonyl (C=O) groups is 2. The van der Waals surface area contributed by atoms with Gasteiger partial charge in [0.2, 0.25) is 0 Å². The van der Waals surface area contributed by atoms with Crippen LogP contribution in [0.3, 0.4) is 0 Å². The monoisotopic (exact) mass is 243 g/mol. The summed E-state index contributed by atoms with van der Waals surface area (Å²) >= 11 is 0. The molecule has 1 saturated heterocycles. The lowest BCUT2D eigenvalue weighted by Crippen LogP contribution is -2.47. The van der Waals surface area contributed by atoms with Crippen molar-refractivity contribution in [3.8, 4) is 0 Å². The van der Waals surface area contributed by atoms with Crippen LogP contribution in [0.2, 0.25) is 0 Å². The van der Waals surface area contributed by atoms with Gasteiger partial charge < -0.3 is 19.2 Å². The van der Waals surface area contributed by atoms with E-state index in [1.165, 1.54) is 7.11 Å². The fourth-order valence-corrected chi connectivity index (χ4v) is 2.26. The second-order valence-electron chi connectivity index (χ2n) is 4.30. The number of carbonyl (C=O) groups excluding carboxylic acids is 2. The van der Waals surface area contributed by atoms with Gasteiger partial charge in [-0.05, 0) is 19.4 Å². The van der Waals surface area contributed by atoms with Crippen molar-refractivity contribution >= 4 is 12.3 Å². The van der Waals surface area contributed by atoms with Crippen molar-refractivity contribution < 1.29 is 19.1 Å². The van der Waals surface area contributed by atoms with E-state index in [1.54, 1.807) is 7.11 Å². The predicted octanol–water partition coefficient (Wildman–Crippen LogP) is 0.475. The molecule has 2 unspecified atom stereocenters. The molecule has 0 radical (unpaired) electrons. The van der Waals surface area contributed by atoms with E-state index < -0.39 is 0 Å². The first-order valence-electron chi connectivity index (χ1n) is 5.99. The summed E-state index contributed by atoms with van der Waals surface area (Å²) in [6.07, 6.45) is 3.13. The van der Waals surface area contributed by atoms with Crippen LogP contribution >= 0.6 is 0 Å². The van der Waals surface area contributed by atoms with Crippen molar-refractivity contribution in [1.29, 1.82) is 0 Å². The second kappa shape index (κ2) is 7.40. The molecule has 98 valence electrons. The Morgan fingerprint density at radius 1 is 1.47 bits per heavy atom. The lowest BCUT2D eigenvalue weighted by atomic mass is 9.94. The van der Waals surface area contributed by atoms with E-state index in [9.17, 15) is 9.59 Å². The third-order valence-corrected chi connectivity index (χ3v) is 3.24. The molecule has 0 spiro atoms. The maximum absolute atomic E-state index is 11.6. The molecule has 5 heteroatoms. The summed E-state index contributed by atoms with van der Waals surface area (Å²) in [5.41, 5.74) is 0. The number of hydrogen-bond acceptors (Lipinski definition) is 5. The molecule has 1 aliphatic heterocycles. The number of aldehydes is 1. The van der Waals surface area contributed by atoms with Gasteiger partial charge in [0.25, 0.3) is 0 Å². The van der Waals surface area contributed by atoms with Crippen LogP contribution < -0.4 is 0 Å². The fraction of sp³-hybridized carbons (Fsp3) is 0.833. The zero-order chi connectivity index (χ0) is 12.7. The van der Waals surface area contributed by atoms with Crippen LogP contribution in [0.4, 0.5) is 0 Å². The fourth-order valence-electron chi connectivity index (χ4n) is 2.26. The van der Waals surface area contributed by atoms with Crippen molar-refractivity contribution in [1.82, 2.24) is 4.90 Å². The van der Waals surface area contributed by atoms with E-state index in [0.717, 1.165) is 32.2 Å². The maximum Gasteiger partial charge on any atom is 0.312 e. The number of methoxy groups -OCH3 is 2. The van der Waals surface area contributed by atoms with Gasteiger partial charge in [0.1, 0.15) is 6.29 Å². The average Bonchev–Trinajstić information content (AvgIpc) is 2.38. The van der Waals surface area contributed by atoms with E-state index in [4.69, 9.17) is 9.47 Å². The van der Waals surface area contributed by atoms with Gasteiger partial charge in [-0.3, -0.25) is 4.79 Å². The topological polar surface area (TPSA) is 55.8 Å². The molecule has 0 aromatic heterocycles. The summed E-state index contributed by atoms with van der Waals surface area (Å²) in [4.78, 5) is 24.1. The highest BCUT2D eigenvalue weighted by molar-refractivity contribution is 5.73. The van der Waals surface area contributed by atoms with Crippen molar-refractivity contribution in [2.24, 2.45) is 5.92 Å². The van der Waals surface area contributed by atoms with Gasteiger partial charge in [-0.1, -0.05) is 0 Å². The minimum absolute atomic E-state index is 0.0511. The molecule has 0 N–H and O–H groups in total. The number of rotatable bonds is 6. The molecule has 0 bridgehead atoms. The van der Waals surface area contributed by atoms with E-state index >= 15 is 0 Å². The highest BCUT2D eigenvalue weighted by atomic mass is 16.5. The lowest BCUT2D eigenvalue weighted by Gasteiger charge is -2.36. The zero-order valence-electron chi connectivity index (χ0n) is 10.6. The molecule has 1 aliphatic rings. The van der Waals surface area contributed by atoms with E-state index in [1.807, 2.05) is 0 Å². The molecule has 1 fully saturated rings. The van der Waals surface area contributed by atoms with Gasteiger partial charge in [-0.2, -0.15) is 0 Å². The molecular weight excluding hydrogens is 222 g/mol. The largest absolute Gasteiger partial charge is 0.469 e. The molecule has 2 atom stereocenters. The number of nitrogens with zero attached hydrogens (tertiary/aromatic N) is 1. The van der Waals surface area contributed by atoms with Crippen LogP contribution in [-0.4, -0.2) is 57.1 Å². The Morgan fingerprint density at radius 3 is 2.82 bits per heavy atom. The van der Waals surface area contributed by atoms with Crippen molar-refractivity contribution in [3.05, 3.63) is 0 Å². The van der Waals surface area contributed by atoms with Gasteiger partial charge in [-0.15, -0.1) is 0 Å². The van der Waals surface area contributed by atoms with Crippen LogP contribution in [0, 0.1) is 5.92 Å². The Morgan fingerprint density at radius 2 is 2.24 bits per heavy atom. The number of esters is 1. The Bertz CT molecular complexity index is 257. The van der Waals surface area contributed by atoms with Crippen molar-refractivity contribution in [2.45, 2.75) is 25.4 Å². The molecule has 17 heavy (non-hydrogen) atoms. The SMILES string of the molecule is COC(=O)C1CN(CCCC=O)CCC1OC. The number of piperidine rings is 1. The Balaban J connectivity index is 2.47. The minimum atomic E-state index is -0.213. The standard InChI is InChI=1S/C12H21NO4/c1-16-11-5-7-13(6-3-4-8-14)9-10(11)12(15)17-2/h8,10-11H,3-7,9H2,1-2H3. The van der Waals surface area contributed by atoms with Gasteiger partial charge in [0, 0.05) is 26.6 Å². The quantitative estimate of drug-likeness (QED) is 0.386. The van der Waals surface area contributed by atoms with Crippen LogP contribution in [0.1, 0.15) is 19.3 Å². The van der Waals surface area contributed by atoms with Gasteiger partial charge in [0.05, 0.1) is 19.1 Å². The molecule has 0 aromatic rings. The van der Waals surface area contributed by atoms with Crippen molar-refractivity contribution in [3.63, 3.8) is 0 Å². The number of likely N-dealkylation sites (tertiary alicyclic amines) is 1. The van der Waals surface area contributed by atoms with Gasteiger partial charge >= 0.3 is 5.97 Å². The van der Waals surface area contributed by atoms with E-state index in [-0.39, 0.29) is 18.0 Å². The average molecular weight is 243 g/mol. The molecule has 0 amide bonds. The first kappa shape index (κ1) is 14.1. The highest BCUT2D eigenvalue weighted by Gasteiger charge is 2.34. The summed E-state index contributed by atoms with van der Waals surface area (Å²) in [6, 6.07) is 0. The van der Waals surface area contributed by atoms with E-state index in [2.05, 4.69) is 4.90 Å². The number of ether oxygens (including phenoxy) is 2. The molecule has 0 aromatic carbocycles. The predicted molar refractivity (Wildman–Crippen MR) is 62.7 cm³/mol. The summed E-state index contributed by atoms with van der Waals surface area (Å²) < 4.78 is 10.1. The van der Waals surface area contributed by atoms with Gasteiger partial charge in [-0.25, -0.2) is 0 Å². The molecule has 0 saturated carbocycles. The van der Waals surface area contributed by atoms with Crippen LogP contribution in [0.15, 0.2) is 0 Å². The number of hydrogen-bond donors (Lipinski definition) is 0. The zero-order valence-corrected chi connectivity index (χ0v) is 10.6. The molecule has 0 aliphatic carbocycles. The third kappa shape index (κ3) is 4.09. The van der Waals surface area contributed by atoms with E-state index in [0.29, 0.717) is 13.0 Å². The summed E-state index contributed by atoms with van der Waals surface area (Å²) in [6.45, 7) is 2.41. The van der Waals surface area contributed by atoms with Crippen molar-refractivity contribution in [2.75, 3.05) is 33.9 Å². The van der Waals surface area contributed by atoms with Crippen LogP contribution in [0.25, 0.3) is 0 Å². The van der Waals surface area contributed by atoms with Gasteiger partial charge in [0.15, 0.2) is 0 Å². The Labute approximate surface area is 102 Å². The number of unbranched alkanes of at least 4 members (excludes halogenated alkanes) is 1. The first-order chi connectivity index (χ1) is 8.22. The third-order valence-electron chi connectivity index (χ3n) is 3.24. The molecule has 5 nitrogen and oxygen atoms in total. The molecule has 1 heterocycles. The molecular formula is C12H21NO4. The summed E-state index contributed by atoms with van der Waals surface area (Å²) in [5.74, 6) is -0.424. The first-order valence-corrected chi connectivity index (χ1v) is 5.99. The van der Waals surface area contributed by atoms with Crippen LogP contribution in [-0.2, 0) is 19.1 Å². The lowest BCUT2D eigenvalue weighted by molar-refractivity contribution is -0.154. The highest BCUT2D eigenvalue weighted by Crippen LogP contribution is 2.21. The maximum atomic E-state index is 11.6. The Kier molecular flexibility index (Phi) is 6.15. The second-order valence-corrected chi connectivity index (χ2v) is 4.30. The Hall–Kier alpha value is -0.940.